The number of primary amides is 1. The van der Waals surface area contributed by atoms with E-state index in [1.807, 2.05) is 0 Å². The molecule has 8 N–H and O–H groups in total. The summed E-state index contributed by atoms with van der Waals surface area (Å²) in [6, 6.07) is 12.9. The standard InChI is InChI=1S/C24H29N5O7/c25-17-8-6-15(7-9-17)12-19(23(33)34)28-21(31)13-27-22(32)18(10-11-20(26)30)29-24(35)36-14-16-4-2-1-3-5-16/h1-9,18-19H,10-14,25H2,(H2,26,30)(H,27,32)(H,28,31)(H,29,35)(H,33,34). The van der Waals surface area contributed by atoms with Gasteiger partial charge in [0.05, 0.1) is 6.54 Å². The molecule has 2 rings (SSSR count). The third kappa shape index (κ3) is 10.1. The van der Waals surface area contributed by atoms with Gasteiger partial charge in [0.2, 0.25) is 17.7 Å². The molecule has 192 valence electrons. The van der Waals surface area contributed by atoms with Crippen LogP contribution in [0.3, 0.4) is 0 Å². The Hall–Kier alpha value is -4.61. The number of carboxylic acids is 1. The number of alkyl carbamates (subject to hydrolysis) is 1. The van der Waals surface area contributed by atoms with E-state index in [0.29, 0.717) is 11.3 Å². The summed E-state index contributed by atoms with van der Waals surface area (Å²) in [7, 11) is 0. The summed E-state index contributed by atoms with van der Waals surface area (Å²) in [6.45, 7) is -0.595. The number of hydrogen-bond acceptors (Lipinski definition) is 7. The first kappa shape index (κ1) is 27.6. The van der Waals surface area contributed by atoms with Crippen LogP contribution in [0.25, 0.3) is 0 Å². The van der Waals surface area contributed by atoms with Crippen molar-refractivity contribution in [2.24, 2.45) is 5.73 Å². The molecule has 0 saturated heterocycles. The highest BCUT2D eigenvalue weighted by molar-refractivity contribution is 5.91. The highest BCUT2D eigenvalue weighted by Crippen LogP contribution is 2.08. The lowest BCUT2D eigenvalue weighted by atomic mass is 10.1. The molecule has 12 nitrogen and oxygen atoms in total. The van der Waals surface area contributed by atoms with Gasteiger partial charge < -0.3 is 37.3 Å². The smallest absolute Gasteiger partial charge is 0.408 e. The SMILES string of the molecule is NC(=O)CCC(NC(=O)OCc1ccccc1)C(=O)NCC(=O)NC(Cc1ccc(N)cc1)C(=O)O. The molecule has 0 spiro atoms. The molecule has 0 aliphatic heterocycles. The summed E-state index contributed by atoms with van der Waals surface area (Å²) in [5.74, 6) is -3.47. The van der Waals surface area contributed by atoms with E-state index in [0.717, 1.165) is 5.56 Å². The van der Waals surface area contributed by atoms with Crippen LogP contribution in [0.1, 0.15) is 24.0 Å². The lowest BCUT2D eigenvalue weighted by molar-refractivity contribution is -0.141. The molecule has 0 saturated carbocycles. The van der Waals surface area contributed by atoms with Gasteiger partial charge in [-0.05, 0) is 29.7 Å². The highest BCUT2D eigenvalue weighted by Gasteiger charge is 2.24. The maximum absolute atomic E-state index is 12.6. The average Bonchev–Trinajstić information content (AvgIpc) is 2.85. The summed E-state index contributed by atoms with van der Waals surface area (Å²) < 4.78 is 5.09. The fraction of sp³-hybridized carbons (Fsp3) is 0.292. The molecule has 0 fully saturated rings. The van der Waals surface area contributed by atoms with E-state index in [1.165, 1.54) is 0 Å². The van der Waals surface area contributed by atoms with Crippen molar-refractivity contribution >= 4 is 35.5 Å². The summed E-state index contributed by atoms with van der Waals surface area (Å²) in [6.07, 6.45) is -1.22. The average molecular weight is 500 g/mol. The summed E-state index contributed by atoms with van der Waals surface area (Å²) in [5.41, 5.74) is 12.6. The number of rotatable bonds is 13. The largest absolute Gasteiger partial charge is 0.480 e. The van der Waals surface area contributed by atoms with Crippen LogP contribution in [-0.2, 0) is 36.9 Å². The summed E-state index contributed by atoms with van der Waals surface area (Å²) >= 11 is 0. The van der Waals surface area contributed by atoms with Crippen LogP contribution in [0.5, 0.6) is 0 Å². The third-order valence-electron chi connectivity index (χ3n) is 4.98. The molecule has 36 heavy (non-hydrogen) atoms. The molecule has 4 amide bonds. The predicted octanol–water partition coefficient (Wildman–Crippen LogP) is 0.0574. The number of carbonyl (C=O) groups excluding carboxylic acids is 4. The zero-order chi connectivity index (χ0) is 26.5. The first-order valence-electron chi connectivity index (χ1n) is 11.0. The number of hydrogen-bond donors (Lipinski definition) is 6. The van der Waals surface area contributed by atoms with Crippen molar-refractivity contribution in [3.05, 3.63) is 65.7 Å². The zero-order valence-corrected chi connectivity index (χ0v) is 19.4. The fourth-order valence-corrected chi connectivity index (χ4v) is 3.09. The Morgan fingerprint density at radius 2 is 1.56 bits per heavy atom. The molecule has 0 bridgehead atoms. The Kier molecular flexibility index (Phi) is 10.7. The first-order valence-corrected chi connectivity index (χ1v) is 11.0. The molecule has 0 aliphatic carbocycles. The Morgan fingerprint density at radius 1 is 0.889 bits per heavy atom. The quantitative estimate of drug-likeness (QED) is 0.207. The van der Waals surface area contributed by atoms with Crippen molar-refractivity contribution in [2.75, 3.05) is 12.3 Å². The van der Waals surface area contributed by atoms with Crippen LogP contribution >= 0.6 is 0 Å². The van der Waals surface area contributed by atoms with E-state index in [-0.39, 0.29) is 25.9 Å². The molecule has 12 heteroatoms. The first-order chi connectivity index (χ1) is 17.1. The number of nitrogens with one attached hydrogen (secondary N) is 3. The van der Waals surface area contributed by atoms with Crippen LogP contribution in [0.2, 0.25) is 0 Å². The van der Waals surface area contributed by atoms with Gasteiger partial charge in [0.25, 0.3) is 0 Å². The Labute approximate surface area is 207 Å². The lowest BCUT2D eigenvalue weighted by Crippen LogP contribution is -2.51. The number of anilines is 1. The van der Waals surface area contributed by atoms with Crippen LogP contribution in [0, 0.1) is 0 Å². The summed E-state index contributed by atoms with van der Waals surface area (Å²) in [5, 5.41) is 16.4. The Bertz CT molecular complexity index is 1060. The van der Waals surface area contributed by atoms with E-state index >= 15 is 0 Å². The molecule has 0 aromatic heterocycles. The molecule has 2 unspecified atom stereocenters. The molecule has 0 heterocycles. The van der Waals surface area contributed by atoms with Gasteiger partial charge in [-0.1, -0.05) is 42.5 Å². The molecule has 0 aliphatic rings. The number of aliphatic carboxylic acids is 1. The topological polar surface area (TPSA) is 203 Å². The van der Waals surface area contributed by atoms with Gasteiger partial charge in [0.1, 0.15) is 18.7 Å². The van der Waals surface area contributed by atoms with E-state index < -0.39 is 48.4 Å². The molecule has 2 aromatic rings. The number of amides is 4. The van der Waals surface area contributed by atoms with Crippen molar-refractivity contribution in [3.63, 3.8) is 0 Å². The minimum Gasteiger partial charge on any atom is -0.480 e. The van der Waals surface area contributed by atoms with Crippen molar-refractivity contribution in [1.82, 2.24) is 16.0 Å². The second-order valence-corrected chi connectivity index (χ2v) is 7.89. The van der Waals surface area contributed by atoms with Crippen LogP contribution in [0.4, 0.5) is 10.5 Å². The Balaban J connectivity index is 1.89. The van der Waals surface area contributed by atoms with Gasteiger partial charge in [-0.25, -0.2) is 9.59 Å². The van der Waals surface area contributed by atoms with Gasteiger partial charge in [-0.15, -0.1) is 0 Å². The minimum atomic E-state index is -1.26. The van der Waals surface area contributed by atoms with Crippen LogP contribution in [0.15, 0.2) is 54.6 Å². The van der Waals surface area contributed by atoms with Gasteiger partial charge in [0, 0.05) is 18.5 Å². The molecule has 2 aromatic carbocycles. The van der Waals surface area contributed by atoms with E-state index in [4.69, 9.17) is 16.2 Å². The van der Waals surface area contributed by atoms with Gasteiger partial charge >= 0.3 is 12.1 Å². The third-order valence-corrected chi connectivity index (χ3v) is 4.98. The fourth-order valence-electron chi connectivity index (χ4n) is 3.09. The van der Waals surface area contributed by atoms with Crippen molar-refractivity contribution < 1.29 is 33.8 Å². The number of nitrogen functional groups attached to an aromatic ring is 1. The van der Waals surface area contributed by atoms with Crippen LogP contribution < -0.4 is 27.4 Å². The number of carboxylic acid groups (broad SMARTS) is 1. The lowest BCUT2D eigenvalue weighted by Gasteiger charge is -2.19. The molecule has 0 radical (unpaired) electrons. The van der Waals surface area contributed by atoms with E-state index in [9.17, 15) is 29.1 Å². The maximum Gasteiger partial charge on any atom is 0.408 e. The van der Waals surface area contributed by atoms with Crippen molar-refractivity contribution in [3.8, 4) is 0 Å². The number of carbonyl (C=O) groups is 5. The maximum atomic E-state index is 12.6. The van der Waals surface area contributed by atoms with E-state index in [1.54, 1.807) is 54.6 Å². The number of nitrogens with two attached hydrogens (primary N) is 2. The summed E-state index contributed by atoms with van der Waals surface area (Å²) in [4.78, 5) is 59.7. The van der Waals surface area contributed by atoms with Gasteiger partial charge in [-0.2, -0.15) is 0 Å². The van der Waals surface area contributed by atoms with Crippen molar-refractivity contribution in [1.29, 1.82) is 0 Å². The predicted molar refractivity (Wildman–Crippen MR) is 129 cm³/mol. The second kappa shape index (κ2) is 13.9. The number of ether oxygens (including phenoxy) is 1. The molecular weight excluding hydrogens is 470 g/mol. The van der Waals surface area contributed by atoms with Gasteiger partial charge in [-0.3, -0.25) is 14.4 Å². The second-order valence-electron chi connectivity index (χ2n) is 7.89. The monoisotopic (exact) mass is 499 g/mol. The van der Waals surface area contributed by atoms with Crippen molar-refractivity contribution in [2.45, 2.75) is 38.0 Å². The zero-order valence-electron chi connectivity index (χ0n) is 19.4. The normalized spacial score (nSPS) is 12.0. The van der Waals surface area contributed by atoms with Crippen LogP contribution in [-0.4, -0.2) is 53.5 Å². The Morgan fingerprint density at radius 3 is 2.17 bits per heavy atom. The van der Waals surface area contributed by atoms with E-state index in [2.05, 4.69) is 16.0 Å². The molecule has 2 atom stereocenters. The van der Waals surface area contributed by atoms with Gasteiger partial charge in [0.15, 0.2) is 0 Å². The number of benzene rings is 2. The minimum absolute atomic E-state index is 0.00530. The highest BCUT2D eigenvalue weighted by atomic mass is 16.5. The molecular formula is C24H29N5O7.